The van der Waals surface area contributed by atoms with E-state index in [2.05, 4.69) is 10.3 Å². The van der Waals surface area contributed by atoms with E-state index in [9.17, 15) is 9.59 Å². The lowest BCUT2D eigenvalue weighted by atomic mass is 10.1. The number of hydrogen-bond donors (Lipinski definition) is 2. The number of anilines is 1. The normalized spacial score (nSPS) is 12.8. The number of H-pyrrole nitrogens is 1. The molecule has 1 aliphatic rings. The Kier molecular flexibility index (Phi) is 3.82. The quantitative estimate of drug-likeness (QED) is 0.739. The molecule has 2 N–H and O–H groups in total. The number of fused-ring (bicyclic) bond motifs is 2. The molecular formula is C18H13ClN2O4. The van der Waals surface area contributed by atoms with E-state index in [0.29, 0.717) is 46.3 Å². The van der Waals surface area contributed by atoms with Crippen LogP contribution in [-0.4, -0.2) is 24.1 Å². The molecule has 0 saturated heterocycles. The number of aromatic amines is 1. The van der Waals surface area contributed by atoms with Crippen molar-refractivity contribution in [3.05, 3.63) is 63.4 Å². The zero-order valence-corrected chi connectivity index (χ0v) is 13.7. The fourth-order valence-corrected chi connectivity index (χ4v) is 2.94. The van der Waals surface area contributed by atoms with Crippen LogP contribution >= 0.6 is 11.6 Å². The van der Waals surface area contributed by atoms with Gasteiger partial charge in [-0.05, 0) is 6.07 Å². The van der Waals surface area contributed by atoms with Crippen LogP contribution in [0.15, 0.2) is 47.3 Å². The Hall–Kier alpha value is -2.99. The van der Waals surface area contributed by atoms with Gasteiger partial charge in [0.05, 0.1) is 16.3 Å². The van der Waals surface area contributed by atoms with Crippen LogP contribution in [0.4, 0.5) is 5.69 Å². The second kappa shape index (κ2) is 6.14. The average Bonchev–Trinajstić information content (AvgIpc) is 2.61. The first kappa shape index (κ1) is 15.5. The van der Waals surface area contributed by atoms with Crippen molar-refractivity contribution < 1.29 is 14.3 Å². The van der Waals surface area contributed by atoms with E-state index in [1.807, 2.05) is 0 Å². The lowest BCUT2D eigenvalue weighted by molar-refractivity contribution is 0.102. The van der Waals surface area contributed by atoms with Crippen LogP contribution in [0.25, 0.3) is 10.9 Å². The number of amides is 1. The number of aromatic nitrogens is 1. The molecule has 2 heterocycles. The van der Waals surface area contributed by atoms with E-state index in [4.69, 9.17) is 21.1 Å². The maximum Gasteiger partial charge on any atom is 0.256 e. The Morgan fingerprint density at radius 2 is 1.80 bits per heavy atom. The zero-order chi connectivity index (χ0) is 17.4. The molecule has 6 nitrogen and oxygen atoms in total. The molecule has 2 aromatic carbocycles. The lowest BCUT2D eigenvalue weighted by Crippen LogP contribution is -2.18. The Bertz CT molecular complexity index is 1040. The summed E-state index contributed by atoms with van der Waals surface area (Å²) < 4.78 is 11.0. The molecule has 3 aromatic rings. The van der Waals surface area contributed by atoms with Crippen molar-refractivity contribution in [2.45, 2.75) is 0 Å². The molecule has 1 aliphatic heterocycles. The second-order valence-corrected chi connectivity index (χ2v) is 5.93. The molecule has 0 fully saturated rings. The van der Waals surface area contributed by atoms with Gasteiger partial charge >= 0.3 is 0 Å². The summed E-state index contributed by atoms with van der Waals surface area (Å²) in [6, 6.07) is 11.6. The summed E-state index contributed by atoms with van der Waals surface area (Å²) in [5.74, 6) is 0.624. The summed E-state index contributed by atoms with van der Waals surface area (Å²) in [6.45, 7) is 0.883. The molecule has 25 heavy (non-hydrogen) atoms. The van der Waals surface area contributed by atoms with Crippen LogP contribution in [-0.2, 0) is 0 Å². The van der Waals surface area contributed by atoms with Crippen LogP contribution < -0.4 is 20.3 Å². The maximum absolute atomic E-state index is 12.7. The minimum Gasteiger partial charge on any atom is -0.486 e. The van der Waals surface area contributed by atoms with Gasteiger partial charge in [0.15, 0.2) is 11.5 Å². The van der Waals surface area contributed by atoms with E-state index in [0.717, 1.165) is 0 Å². The van der Waals surface area contributed by atoms with Gasteiger partial charge in [0.1, 0.15) is 13.2 Å². The minimum absolute atomic E-state index is 0.269. The van der Waals surface area contributed by atoms with Crippen molar-refractivity contribution >= 4 is 34.1 Å². The van der Waals surface area contributed by atoms with Gasteiger partial charge in [-0.3, -0.25) is 9.59 Å². The third kappa shape index (κ3) is 2.92. The Morgan fingerprint density at radius 1 is 1.08 bits per heavy atom. The highest BCUT2D eigenvalue weighted by Crippen LogP contribution is 2.38. The second-order valence-electron chi connectivity index (χ2n) is 5.52. The van der Waals surface area contributed by atoms with Gasteiger partial charge in [-0.1, -0.05) is 29.8 Å². The largest absolute Gasteiger partial charge is 0.486 e. The van der Waals surface area contributed by atoms with Gasteiger partial charge in [-0.15, -0.1) is 0 Å². The number of para-hydroxylation sites is 1. The van der Waals surface area contributed by atoms with Gasteiger partial charge in [0.2, 0.25) is 5.56 Å². The first-order valence-corrected chi connectivity index (χ1v) is 8.02. The first-order chi connectivity index (χ1) is 12.1. The fraction of sp³-hybridized carbons (Fsp3) is 0.111. The molecule has 0 bridgehead atoms. The Balaban J connectivity index is 1.73. The predicted molar refractivity (Wildman–Crippen MR) is 95.0 cm³/mol. The zero-order valence-electron chi connectivity index (χ0n) is 13.0. The summed E-state index contributed by atoms with van der Waals surface area (Å²) in [4.78, 5) is 27.2. The summed E-state index contributed by atoms with van der Waals surface area (Å²) in [7, 11) is 0. The number of halogens is 1. The van der Waals surface area contributed by atoms with Crippen LogP contribution in [0.5, 0.6) is 11.5 Å². The molecule has 4 rings (SSSR count). The van der Waals surface area contributed by atoms with Gasteiger partial charge in [0, 0.05) is 29.1 Å². The van der Waals surface area contributed by atoms with Crippen LogP contribution in [0.2, 0.25) is 5.02 Å². The first-order valence-electron chi connectivity index (χ1n) is 7.64. The average molecular weight is 357 g/mol. The Labute approximate surface area is 147 Å². The van der Waals surface area contributed by atoms with E-state index in [1.54, 1.807) is 36.4 Å². The third-order valence-electron chi connectivity index (χ3n) is 3.88. The minimum atomic E-state index is -0.430. The Morgan fingerprint density at radius 3 is 2.60 bits per heavy atom. The highest BCUT2D eigenvalue weighted by Gasteiger charge is 2.18. The molecule has 1 amide bonds. The number of rotatable bonds is 2. The molecule has 0 aliphatic carbocycles. The van der Waals surface area contributed by atoms with Gasteiger partial charge in [-0.25, -0.2) is 0 Å². The van der Waals surface area contributed by atoms with E-state index in [-0.39, 0.29) is 11.1 Å². The standard InChI is InChI=1S/C18H13ClN2O4/c19-12-8-15-16(25-6-5-24-15)9-14(12)21-18(23)11-7-17(22)20-13-4-2-1-3-10(11)13/h1-4,7-9H,5-6H2,(H,20,22)(H,21,23). The molecule has 0 unspecified atom stereocenters. The van der Waals surface area contributed by atoms with E-state index >= 15 is 0 Å². The number of pyridine rings is 1. The number of carbonyl (C=O) groups is 1. The highest BCUT2D eigenvalue weighted by atomic mass is 35.5. The molecule has 126 valence electrons. The van der Waals surface area contributed by atoms with Gasteiger partial charge in [-0.2, -0.15) is 0 Å². The fourth-order valence-electron chi connectivity index (χ4n) is 2.74. The molecule has 7 heteroatoms. The third-order valence-corrected chi connectivity index (χ3v) is 4.19. The van der Waals surface area contributed by atoms with Crippen LogP contribution in [0, 0.1) is 0 Å². The maximum atomic E-state index is 12.7. The molecular weight excluding hydrogens is 344 g/mol. The number of ether oxygens (including phenoxy) is 2. The van der Waals surface area contributed by atoms with Crippen molar-refractivity contribution in [1.82, 2.24) is 4.98 Å². The number of nitrogens with one attached hydrogen (secondary N) is 2. The summed E-state index contributed by atoms with van der Waals surface area (Å²) in [6.07, 6.45) is 0. The van der Waals surface area contributed by atoms with E-state index < -0.39 is 5.91 Å². The number of carbonyl (C=O) groups excluding carboxylic acids is 1. The smallest absolute Gasteiger partial charge is 0.256 e. The van der Waals surface area contributed by atoms with Crippen molar-refractivity contribution in [3.8, 4) is 11.5 Å². The molecule has 0 atom stereocenters. The van der Waals surface area contributed by atoms with Crippen molar-refractivity contribution in [1.29, 1.82) is 0 Å². The predicted octanol–water partition coefficient (Wildman–Crippen LogP) is 3.21. The monoisotopic (exact) mass is 356 g/mol. The van der Waals surface area contributed by atoms with Gasteiger partial charge in [0.25, 0.3) is 5.91 Å². The molecule has 0 saturated carbocycles. The van der Waals surface area contributed by atoms with Crippen molar-refractivity contribution in [2.75, 3.05) is 18.5 Å². The SMILES string of the molecule is O=C(Nc1cc2c(cc1Cl)OCCO2)c1cc(=O)[nH]c2ccccc12. The number of hydrogen-bond acceptors (Lipinski definition) is 4. The van der Waals surface area contributed by atoms with E-state index in [1.165, 1.54) is 6.07 Å². The lowest BCUT2D eigenvalue weighted by Gasteiger charge is -2.20. The molecule has 0 spiro atoms. The molecule has 0 radical (unpaired) electrons. The summed E-state index contributed by atoms with van der Waals surface area (Å²) in [5.41, 5.74) is 0.899. The van der Waals surface area contributed by atoms with Crippen molar-refractivity contribution in [2.24, 2.45) is 0 Å². The molecule has 1 aromatic heterocycles. The number of benzene rings is 2. The van der Waals surface area contributed by atoms with Crippen LogP contribution in [0.1, 0.15) is 10.4 Å². The summed E-state index contributed by atoms with van der Waals surface area (Å²) in [5, 5.41) is 3.71. The topological polar surface area (TPSA) is 80.4 Å². The summed E-state index contributed by atoms with van der Waals surface area (Å²) >= 11 is 6.22. The highest BCUT2D eigenvalue weighted by molar-refractivity contribution is 6.34. The van der Waals surface area contributed by atoms with Crippen LogP contribution in [0.3, 0.4) is 0 Å². The van der Waals surface area contributed by atoms with Gasteiger partial charge < -0.3 is 19.8 Å². The van der Waals surface area contributed by atoms with Crippen molar-refractivity contribution in [3.63, 3.8) is 0 Å².